The number of fused-ring (bicyclic) bond motifs is 1. The Morgan fingerprint density at radius 2 is 1.80 bits per heavy atom. The molecule has 1 amide bonds. The second-order valence-corrected chi connectivity index (χ2v) is 21.2. The Balaban J connectivity index is 1.72. The zero-order valence-electron chi connectivity index (χ0n) is 28.4. The van der Waals surface area contributed by atoms with Gasteiger partial charge in [0.1, 0.15) is 27.9 Å². The van der Waals surface area contributed by atoms with Gasteiger partial charge in [-0.05, 0) is 51.0 Å². The van der Waals surface area contributed by atoms with Gasteiger partial charge in [-0.1, -0.05) is 27.7 Å². The first-order valence-electron chi connectivity index (χ1n) is 14.9. The fourth-order valence-electron chi connectivity index (χ4n) is 4.70. The largest absolute Gasteiger partial charge is 0.495 e. The van der Waals surface area contributed by atoms with Crippen molar-refractivity contribution in [1.82, 2.24) is 15.0 Å². The number of sulfone groups is 1. The zero-order valence-corrected chi connectivity index (χ0v) is 30.2. The van der Waals surface area contributed by atoms with E-state index in [9.17, 15) is 17.6 Å². The monoisotopic (exact) mass is 673 g/mol. The molecule has 0 saturated carbocycles. The summed E-state index contributed by atoms with van der Waals surface area (Å²) >= 11 is 0. The molecule has 1 aliphatic rings. The second-order valence-electron chi connectivity index (χ2n) is 14.4. The number of pyridine rings is 1. The maximum atomic E-state index is 14.7. The van der Waals surface area contributed by atoms with E-state index in [1.165, 1.54) is 7.11 Å². The third-order valence-corrected chi connectivity index (χ3v) is 13.9. The van der Waals surface area contributed by atoms with Crippen LogP contribution in [0.25, 0.3) is 11.3 Å². The molecule has 1 unspecified atom stereocenters. The molecule has 14 heteroatoms. The number of carbonyl (C=O) groups is 1. The molecule has 250 valence electrons. The van der Waals surface area contributed by atoms with Gasteiger partial charge in [-0.15, -0.1) is 0 Å². The summed E-state index contributed by atoms with van der Waals surface area (Å²) in [6.07, 6.45) is 3.61. The minimum absolute atomic E-state index is 0.00316. The van der Waals surface area contributed by atoms with Gasteiger partial charge in [-0.3, -0.25) is 4.90 Å². The van der Waals surface area contributed by atoms with E-state index in [0.717, 1.165) is 24.0 Å². The third-order valence-electron chi connectivity index (χ3n) is 8.30. The number of aromatic nitrogens is 3. The van der Waals surface area contributed by atoms with Crippen LogP contribution < -0.4 is 15.0 Å². The van der Waals surface area contributed by atoms with E-state index in [0.29, 0.717) is 30.2 Å². The molecule has 0 radical (unpaired) electrons. The number of hydrogen-bond acceptors (Lipinski definition) is 10. The van der Waals surface area contributed by atoms with E-state index in [1.807, 2.05) is 26.8 Å². The van der Waals surface area contributed by atoms with Gasteiger partial charge in [0.2, 0.25) is 5.95 Å². The van der Waals surface area contributed by atoms with Crippen LogP contribution in [-0.4, -0.2) is 69.9 Å². The fourth-order valence-corrected chi connectivity index (χ4v) is 6.55. The van der Waals surface area contributed by atoms with E-state index < -0.39 is 46.0 Å². The summed E-state index contributed by atoms with van der Waals surface area (Å²) in [5, 5.41) is 2.93. The van der Waals surface area contributed by atoms with E-state index in [2.05, 4.69) is 56.1 Å². The maximum absolute atomic E-state index is 14.7. The molecule has 0 bridgehead atoms. The number of amides is 1. The summed E-state index contributed by atoms with van der Waals surface area (Å²) in [4.78, 5) is 28.0. The van der Waals surface area contributed by atoms with Crippen molar-refractivity contribution in [3.63, 3.8) is 0 Å². The number of methoxy groups -OCH3 is 1. The molecule has 0 saturated heterocycles. The highest BCUT2D eigenvalue weighted by Crippen LogP contribution is 2.44. The van der Waals surface area contributed by atoms with E-state index >= 15 is 0 Å². The SMILES string of the molecule is COc1cc(S(C)(=O)=O)c(F)cc1Nc1nccc(-c2cnc3c(c2)C(C)(CO[Si](C)(C)C(C)(C)C)CN3C(=O)OC(C)(C)C)n1. The molecule has 4 rings (SSSR count). The Bertz CT molecular complexity index is 1760. The van der Waals surface area contributed by atoms with Gasteiger partial charge in [0.25, 0.3) is 0 Å². The number of ether oxygens (including phenoxy) is 2. The molecule has 1 N–H and O–H groups in total. The molecule has 46 heavy (non-hydrogen) atoms. The van der Waals surface area contributed by atoms with Crippen molar-refractivity contribution in [2.45, 2.75) is 82.5 Å². The smallest absolute Gasteiger partial charge is 0.416 e. The predicted octanol–water partition coefficient (Wildman–Crippen LogP) is 6.87. The Kier molecular flexibility index (Phi) is 9.34. The van der Waals surface area contributed by atoms with Crippen LogP contribution >= 0.6 is 0 Å². The van der Waals surface area contributed by atoms with E-state index in [-0.39, 0.29) is 22.4 Å². The third kappa shape index (κ3) is 7.50. The molecule has 11 nitrogen and oxygen atoms in total. The number of nitrogens with zero attached hydrogens (tertiary/aromatic N) is 4. The lowest BCUT2D eigenvalue weighted by molar-refractivity contribution is 0.0574. The first-order valence-corrected chi connectivity index (χ1v) is 19.7. The van der Waals surface area contributed by atoms with Gasteiger partial charge in [0.15, 0.2) is 18.2 Å². The number of anilines is 3. The van der Waals surface area contributed by atoms with Crippen LogP contribution in [0.4, 0.5) is 26.6 Å². The van der Waals surface area contributed by atoms with Gasteiger partial charge in [0, 0.05) is 60.5 Å². The van der Waals surface area contributed by atoms with E-state index in [4.69, 9.17) is 18.9 Å². The Labute approximate surface area is 272 Å². The predicted molar refractivity (Wildman–Crippen MR) is 179 cm³/mol. The Hall–Kier alpha value is -3.62. The van der Waals surface area contributed by atoms with Crippen molar-refractivity contribution in [3.05, 3.63) is 48.0 Å². The van der Waals surface area contributed by atoms with Crippen LogP contribution in [0.1, 0.15) is 54.0 Å². The molecule has 0 spiro atoms. The minimum atomic E-state index is -3.81. The molecule has 2 aromatic heterocycles. The summed E-state index contributed by atoms with van der Waals surface area (Å²) < 4.78 is 56.4. The van der Waals surface area contributed by atoms with Crippen LogP contribution in [0, 0.1) is 5.82 Å². The molecule has 3 heterocycles. The molecular formula is C32H44FN5O6SSi. The molecule has 1 aliphatic heterocycles. The molecule has 3 aromatic rings. The van der Waals surface area contributed by atoms with Crippen molar-refractivity contribution in [2.75, 3.05) is 36.7 Å². The summed E-state index contributed by atoms with van der Waals surface area (Å²) in [6.45, 7) is 19.2. The first-order chi connectivity index (χ1) is 21.0. The maximum Gasteiger partial charge on any atom is 0.416 e. The van der Waals surface area contributed by atoms with Crippen LogP contribution in [0.5, 0.6) is 5.75 Å². The average Bonchev–Trinajstić information content (AvgIpc) is 3.22. The van der Waals surface area contributed by atoms with Gasteiger partial charge in [-0.2, -0.15) is 0 Å². The molecule has 0 aliphatic carbocycles. The van der Waals surface area contributed by atoms with Gasteiger partial charge in [0.05, 0.1) is 18.5 Å². The van der Waals surface area contributed by atoms with Crippen molar-refractivity contribution in [3.8, 4) is 17.0 Å². The Morgan fingerprint density at radius 3 is 2.39 bits per heavy atom. The lowest BCUT2D eigenvalue weighted by atomic mass is 9.85. The van der Waals surface area contributed by atoms with Gasteiger partial charge < -0.3 is 19.2 Å². The standard InChI is InChI=1S/C32H44FN5O6SSi/c1-30(2,3)44-29(39)38-18-32(7,19-43-46(10,11)31(4,5)6)21-14-20(17-35-27(21)38)23-12-13-34-28(36-23)37-24-15-22(33)26(45(9,40)41)16-25(24)42-8/h12-17H,18-19H2,1-11H3,(H,34,36,37). The molecule has 1 atom stereocenters. The van der Waals surface area contributed by atoms with Crippen LogP contribution in [0.2, 0.25) is 18.1 Å². The van der Waals surface area contributed by atoms with Gasteiger partial charge in [-0.25, -0.2) is 32.6 Å². The normalized spacial score (nSPS) is 17.1. The number of hydrogen-bond donors (Lipinski definition) is 1. The van der Waals surface area contributed by atoms with Crippen molar-refractivity contribution < 1.29 is 31.5 Å². The van der Waals surface area contributed by atoms with Gasteiger partial charge >= 0.3 is 6.09 Å². The zero-order chi connectivity index (χ0) is 34.5. The fraction of sp³-hybridized carbons (Fsp3) is 0.500. The minimum Gasteiger partial charge on any atom is -0.495 e. The highest BCUT2D eigenvalue weighted by molar-refractivity contribution is 7.90. The molecule has 0 fully saturated rings. The number of rotatable bonds is 8. The lowest BCUT2D eigenvalue weighted by Crippen LogP contribution is -2.46. The molecular weight excluding hydrogens is 630 g/mol. The van der Waals surface area contributed by atoms with Crippen LogP contribution in [-0.2, 0) is 24.4 Å². The van der Waals surface area contributed by atoms with Crippen molar-refractivity contribution in [1.29, 1.82) is 0 Å². The number of nitrogens with one attached hydrogen (secondary N) is 1. The summed E-state index contributed by atoms with van der Waals surface area (Å²) in [7, 11) is -4.59. The average molecular weight is 674 g/mol. The van der Waals surface area contributed by atoms with Crippen molar-refractivity contribution >= 4 is 41.7 Å². The Morgan fingerprint density at radius 1 is 1.13 bits per heavy atom. The summed E-state index contributed by atoms with van der Waals surface area (Å²) in [5.41, 5.74) is 0.880. The second kappa shape index (κ2) is 12.2. The quantitative estimate of drug-likeness (QED) is 0.253. The van der Waals surface area contributed by atoms with E-state index in [1.54, 1.807) is 23.4 Å². The number of benzene rings is 1. The highest BCUT2D eigenvalue weighted by Gasteiger charge is 2.47. The lowest BCUT2D eigenvalue weighted by Gasteiger charge is -2.39. The highest BCUT2D eigenvalue weighted by atomic mass is 32.2. The van der Waals surface area contributed by atoms with Crippen molar-refractivity contribution in [2.24, 2.45) is 0 Å². The summed E-state index contributed by atoms with van der Waals surface area (Å²) in [5.74, 6) is -0.201. The van der Waals surface area contributed by atoms with Crippen LogP contribution in [0.15, 0.2) is 41.6 Å². The number of halogens is 1. The summed E-state index contributed by atoms with van der Waals surface area (Å²) in [6, 6.07) is 5.81. The topological polar surface area (TPSA) is 133 Å². The molecule has 1 aromatic carbocycles. The first kappa shape index (κ1) is 35.2. The van der Waals surface area contributed by atoms with Crippen LogP contribution in [0.3, 0.4) is 0 Å². The number of carbonyl (C=O) groups excluding carboxylic acids is 1.